The second-order valence-electron chi connectivity index (χ2n) is 6.75. The van der Waals surface area contributed by atoms with Gasteiger partial charge in [-0.3, -0.25) is 4.79 Å². The van der Waals surface area contributed by atoms with E-state index in [0.29, 0.717) is 17.5 Å². The van der Waals surface area contributed by atoms with Gasteiger partial charge in [-0.15, -0.1) is 10.2 Å². The fraction of sp³-hybridized carbons (Fsp3) is 0.182. The van der Waals surface area contributed by atoms with Gasteiger partial charge in [0.1, 0.15) is 0 Å². The molecule has 0 spiro atoms. The Morgan fingerprint density at radius 2 is 1.73 bits per heavy atom. The normalized spacial score (nSPS) is 10.9. The van der Waals surface area contributed by atoms with Gasteiger partial charge in [0.15, 0.2) is 0 Å². The van der Waals surface area contributed by atoms with Crippen molar-refractivity contribution in [1.82, 2.24) is 20.0 Å². The predicted molar refractivity (Wildman–Crippen MR) is 116 cm³/mol. The van der Waals surface area contributed by atoms with Gasteiger partial charge in [-0.25, -0.2) is 4.68 Å². The average Bonchev–Trinajstić information content (AvgIpc) is 3.33. The molecule has 4 rings (SSSR count). The molecular formula is C22H21N5O2S. The van der Waals surface area contributed by atoms with Crippen molar-refractivity contribution >= 4 is 23.4 Å². The van der Waals surface area contributed by atoms with Crippen molar-refractivity contribution in [2.45, 2.75) is 25.5 Å². The first-order valence-corrected chi connectivity index (χ1v) is 10.5. The molecule has 4 aromatic rings. The third kappa shape index (κ3) is 4.60. The van der Waals surface area contributed by atoms with Crippen LogP contribution in [0.3, 0.4) is 0 Å². The molecule has 0 radical (unpaired) electrons. The van der Waals surface area contributed by atoms with E-state index in [2.05, 4.69) is 20.6 Å². The summed E-state index contributed by atoms with van der Waals surface area (Å²) >= 11 is 1.21. The summed E-state index contributed by atoms with van der Waals surface area (Å²) < 4.78 is 7.47. The van der Waals surface area contributed by atoms with Gasteiger partial charge in [0.05, 0.1) is 34.9 Å². The highest BCUT2D eigenvalue weighted by molar-refractivity contribution is 7.99. The van der Waals surface area contributed by atoms with Crippen molar-refractivity contribution in [3.8, 4) is 5.69 Å². The molecule has 0 unspecified atom stereocenters. The molecule has 0 aliphatic heterocycles. The minimum absolute atomic E-state index is 0.151. The first-order valence-electron chi connectivity index (χ1n) is 9.51. The number of benzene rings is 2. The van der Waals surface area contributed by atoms with E-state index in [1.54, 1.807) is 0 Å². The zero-order chi connectivity index (χ0) is 20.9. The van der Waals surface area contributed by atoms with E-state index >= 15 is 0 Å². The summed E-state index contributed by atoms with van der Waals surface area (Å²) in [6.07, 6.45) is 0.567. The number of rotatable bonds is 7. The van der Waals surface area contributed by atoms with E-state index in [0.717, 1.165) is 28.3 Å². The maximum absolute atomic E-state index is 12.5. The van der Waals surface area contributed by atoms with Crippen LogP contribution in [0.4, 0.5) is 5.69 Å². The van der Waals surface area contributed by atoms with E-state index < -0.39 is 0 Å². The number of thioether (sulfide) groups is 1. The number of nitrogens with zero attached hydrogens (tertiary/aromatic N) is 4. The van der Waals surface area contributed by atoms with Crippen LogP contribution in [0.15, 0.2) is 70.3 Å². The maximum atomic E-state index is 12.5. The number of carbonyl (C=O) groups excluding carboxylic acids is 1. The third-order valence-electron chi connectivity index (χ3n) is 4.53. The van der Waals surface area contributed by atoms with Gasteiger partial charge < -0.3 is 9.73 Å². The van der Waals surface area contributed by atoms with Gasteiger partial charge in [0.2, 0.25) is 11.8 Å². The Kier molecular flexibility index (Phi) is 5.94. The Hall–Kier alpha value is -3.39. The number of aryl methyl sites for hydroxylation is 1. The second-order valence-corrected chi connectivity index (χ2v) is 7.68. The Balaban J connectivity index is 1.36. The quantitative estimate of drug-likeness (QED) is 0.452. The number of carbonyl (C=O) groups is 1. The number of amides is 1. The van der Waals surface area contributed by atoms with Crippen molar-refractivity contribution in [3.63, 3.8) is 0 Å². The number of aromatic nitrogens is 4. The smallest absolute Gasteiger partial charge is 0.277 e. The van der Waals surface area contributed by atoms with Crippen molar-refractivity contribution in [2.75, 3.05) is 11.1 Å². The fourth-order valence-electron chi connectivity index (χ4n) is 3.09. The molecule has 0 aliphatic rings. The SMILES string of the molecule is Cc1nn(-c2ccccc2)c(C)c1NC(=O)CSc1nnc(Cc2ccccc2)o1. The molecule has 0 fully saturated rings. The van der Waals surface area contributed by atoms with Crippen LogP contribution in [0.5, 0.6) is 0 Å². The molecule has 2 aromatic heterocycles. The zero-order valence-corrected chi connectivity index (χ0v) is 17.5. The highest BCUT2D eigenvalue weighted by atomic mass is 32.2. The van der Waals surface area contributed by atoms with Crippen molar-refractivity contribution in [2.24, 2.45) is 0 Å². The van der Waals surface area contributed by atoms with Crippen LogP contribution in [0.25, 0.3) is 5.69 Å². The average molecular weight is 420 g/mol. The largest absolute Gasteiger partial charge is 0.416 e. The van der Waals surface area contributed by atoms with Gasteiger partial charge in [0.25, 0.3) is 5.22 Å². The van der Waals surface area contributed by atoms with Gasteiger partial charge in [0, 0.05) is 0 Å². The predicted octanol–water partition coefficient (Wildman–Crippen LogP) is 4.19. The van der Waals surface area contributed by atoms with E-state index in [1.165, 1.54) is 11.8 Å². The molecule has 8 heteroatoms. The summed E-state index contributed by atoms with van der Waals surface area (Å²) in [4.78, 5) is 12.5. The van der Waals surface area contributed by atoms with E-state index in [4.69, 9.17) is 4.42 Å². The van der Waals surface area contributed by atoms with E-state index in [9.17, 15) is 4.79 Å². The molecule has 152 valence electrons. The Morgan fingerprint density at radius 1 is 1.03 bits per heavy atom. The van der Waals surface area contributed by atoms with E-state index in [1.807, 2.05) is 79.2 Å². The van der Waals surface area contributed by atoms with Crippen LogP contribution >= 0.6 is 11.8 Å². The summed E-state index contributed by atoms with van der Waals surface area (Å²) in [5, 5.41) is 16.0. The van der Waals surface area contributed by atoms with Crippen molar-refractivity contribution in [3.05, 3.63) is 83.5 Å². The Labute approximate surface area is 178 Å². The molecule has 0 bridgehead atoms. The molecule has 7 nitrogen and oxygen atoms in total. The van der Waals surface area contributed by atoms with Crippen molar-refractivity contribution in [1.29, 1.82) is 0 Å². The Morgan fingerprint density at radius 3 is 2.47 bits per heavy atom. The first-order chi connectivity index (χ1) is 14.6. The lowest BCUT2D eigenvalue weighted by atomic mass is 10.2. The van der Waals surface area contributed by atoms with Crippen molar-refractivity contribution < 1.29 is 9.21 Å². The summed E-state index contributed by atoms with van der Waals surface area (Å²) in [5.74, 6) is 0.545. The van der Waals surface area contributed by atoms with Gasteiger partial charge >= 0.3 is 0 Å². The monoisotopic (exact) mass is 419 g/mol. The lowest BCUT2D eigenvalue weighted by Crippen LogP contribution is -2.15. The highest BCUT2D eigenvalue weighted by Gasteiger charge is 2.16. The maximum Gasteiger partial charge on any atom is 0.277 e. The zero-order valence-electron chi connectivity index (χ0n) is 16.7. The lowest BCUT2D eigenvalue weighted by molar-refractivity contribution is -0.113. The molecule has 1 N–H and O–H groups in total. The van der Waals surface area contributed by atoms with Crippen LogP contribution in [-0.2, 0) is 11.2 Å². The summed E-state index contributed by atoms with van der Waals surface area (Å²) in [6, 6.07) is 19.7. The minimum atomic E-state index is -0.151. The van der Waals surface area contributed by atoms with Crippen LogP contribution < -0.4 is 5.32 Å². The second kappa shape index (κ2) is 8.96. The highest BCUT2D eigenvalue weighted by Crippen LogP contribution is 2.24. The Bertz CT molecular complexity index is 1140. The van der Waals surface area contributed by atoms with Crippen LogP contribution in [-0.4, -0.2) is 31.6 Å². The molecule has 2 aromatic carbocycles. The minimum Gasteiger partial charge on any atom is -0.416 e. The van der Waals surface area contributed by atoms with Crippen LogP contribution in [0, 0.1) is 13.8 Å². The van der Waals surface area contributed by atoms with Gasteiger partial charge in [-0.05, 0) is 31.5 Å². The molecule has 2 heterocycles. The molecule has 0 saturated heterocycles. The van der Waals surface area contributed by atoms with Gasteiger partial charge in [-0.1, -0.05) is 60.3 Å². The molecule has 0 saturated carbocycles. The summed E-state index contributed by atoms with van der Waals surface area (Å²) in [5.41, 5.74) is 4.40. The lowest BCUT2D eigenvalue weighted by Gasteiger charge is -2.06. The standard InChI is InChI=1S/C22H21N5O2S/c1-15-21(16(2)27(26-15)18-11-7-4-8-12-18)23-19(28)14-30-22-25-24-20(29-22)13-17-9-5-3-6-10-17/h3-12H,13-14H2,1-2H3,(H,23,28). The molecular weight excluding hydrogens is 398 g/mol. The number of nitrogens with one attached hydrogen (secondary N) is 1. The molecule has 30 heavy (non-hydrogen) atoms. The van der Waals surface area contributed by atoms with Gasteiger partial charge in [-0.2, -0.15) is 5.10 Å². The van der Waals surface area contributed by atoms with Crippen LogP contribution in [0.1, 0.15) is 22.8 Å². The third-order valence-corrected chi connectivity index (χ3v) is 5.35. The number of hydrogen-bond acceptors (Lipinski definition) is 6. The van der Waals surface area contributed by atoms with E-state index in [-0.39, 0.29) is 11.7 Å². The summed E-state index contributed by atoms with van der Waals surface area (Å²) in [7, 11) is 0. The molecule has 0 atom stereocenters. The first kappa shape index (κ1) is 19.9. The number of para-hydroxylation sites is 1. The van der Waals surface area contributed by atoms with Crippen LogP contribution in [0.2, 0.25) is 0 Å². The fourth-order valence-corrected chi connectivity index (χ4v) is 3.67. The topological polar surface area (TPSA) is 85.8 Å². The molecule has 0 aliphatic carbocycles. The summed E-state index contributed by atoms with van der Waals surface area (Å²) in [6.45, 7) is 3.81. The number of hydrogen-bond donors (Lipinski definition) is 1. The molecule has 1 amide bonds. The number of anilines is 1.